The molecule has 1 N–H and O–H groups in total. The van der Waals surface area contributed by atoms with Gasteiger partial charge in [-0.2, -0.15) is 5.10 Å². The third kappa shape index (κ3) is 4.64. The number of fused-ring (bicyclic) bond motifs is 1. The monoisotopic (exact) mass is 484 g/mol. The molecule has 0 unspecified atom stereocenters. The molecule has 9 nitrogen and oxygen atoms in total. The maximum atomic E-state index is 12.7. The molecule has 2 aromatic heterocycles. The van der Waals surface area contributed by atoms with Crippen molar-refractivity contribution >= 4 is 48.4 Å². The maximum absolute atomic E-state index is 12.7. The molecular formula is C22H20N4O5S2. The van der Waals surface area contributed by atoms with Gasteiger partial charge < -0.3 is 4.74 Å². The number of nitrogens with zero attached hydrogens (tertiary/aromatic N) is 3. The van der Waals surface area contributed by atoms with Gasteiger partial charge in [0, 0.05) is 11.8 Å². The van der Waals surface area contributed by atoms with E-state index in [9.17, 15) is 18.0 Å². The number of carbonyl (C=O) groups is 2. The number of nitrogens with one attached hydrogen (secondary N) is 1. The molecule has 4 aromatic rings. The van der Waals surface area contributed by atoms with Crippen LogP contribution in [-0.2, 0) is 14.6 Å². The van der Waals surface area contributed by atoms with E-state index in [4.69, 9.17) is 4.74 Å². The van der Waals surface area contributed by atoms with Gasteiger partial charge in [-0.3, -0.25) is 10.1 Å². The van der Waals surface area contributed by atoms with Crippen LogP contribution in [0.2, 0.25) is 0 Å². The van der Waals surface area contributed by atoms with Gasteiger partial charge in [0.2, 0.25) is 0 Å². The van der Waals surface area contributed by atoms with Crippen molar-refractivity contribution in [1.82, 2.24) is 14.8 Å². The fourth-order valence-corrected chi connectivity index (χ4v) is 4.81. The largest absolute Gasteiger partial charge is 0.462 e. The van der Waals surface area contributed by atoms with Gasteiger partial charge in [0.25, 0.3) is 5.91 Å². The number of rotatable bonds is 6. The molecule has 0 radical (unpaired) electrons. The summed E-state index contributed by atoms with van der Waals surface area (Å²) in [5.41, 5.74) is 2.71. The molecule has 0 aliphatic heterocycles. The molecule has 0 spiro atoms. The molecular weight excluding hydrogens is 464 g/mol. The first kappa shape index (κ1) is 22.6. The van der Waals surface area contributed by atoms with E-state index in [-0.39, 0.29) is 17.4 Å². The number of ether oxygens (including phenoxy) is 1. The highest BCUT2D eigenvalue weighted by Gasteiger charge is 2.17. The van der Waals surface area contributed by atoms with Crippen LogP contribution in [0.1, 0.15) is 33.3 Å². The van der Waals surface area contributed by atoms with E-state index in [0.717, 1.165) is 6.26 Å². The summed E-state index contributed by atoms with van der Waals surface area (Å²) in [5.74, 6) is -0.787. The minimum Gasteiger partial charge on any atom is -0.462 e. The van der Waals surface area contributed by atoms with E-state index in [0.29, 0.717) is 37.9 Å². The number of anilines is 1. The normalized spacial score (nSPS) is 11.5. The quantitative estimate of drug-likeness (QED) is 0.415. The second kappa shape index (κ2) is 8.75. The average Bonchev–Trinajstić information content (AvgIpc) is 3.35. The van der Waals surface area contributed by atoms with E-state index < -0.39 is 15.8 Å². The van der Waals surface area contributed by atoms with Crippen molar-refractivity contribution in [2.75, 3.05) is 18.2 Å². The predicted molar refractivity (Wildman–Crippen MR) is 125 cm³/mol. The van der Waals surface area contributed by atoms with Crippen LogP contribution >= 0.6 is 11.3 Å². The third-order valence-corrected chi connectivity index (χ3v) is 6.93. The molecule has 0 aliphatic rings. The molecule has 0 aliphatic carbocycles. The lowest BCUT2D eigenvalue weighted by Crippen LogP contribution is -2.12. The van der Waals surface area contributed by atoms with Crippen LogP contribution in [0.4, 0.5) is 5.13 Å². The number of aromatic nitrogens is 3. The molecule has 11 heteroatoms. The summed E-state index contributed by atoms with van der Waals surface area (Å²) in [4.78, 5) is 29.2. The van der Waals surface area contributed by atoms with Gasteiger partial charge in [-0.25, -0.2) is 22.9 Å². The molecule has 170 valence electrons. The molecule has 1 amide bonds. The van der Waals surface area contributed by atoms with Gasteiger partial charge in [-0.15, -0.1) is 0 Å². The van der Waals surface area contributed by atoms with E-state index in [1.807, 2.05) is 0 Å². The summed E-state index contributed by atoms with van der Waals surface area (Å²) in [5, 5.41) is 7.36. The number of thiazole rings is 1. The van der Waals surface area contributed by atoms with Crippen LogP contribution in [0.25, 0.3) is 15.9 Å². The van der Waals surface area contributed by atoms with Crippen LogP contribution in [0.15, 0.2) is 53.6 Å². The minimum atomic E-state index is -3.33. The maximum Gasteiger partial charge on any atom is 0.341 e. The fourth-order valence-electron chi connectivity index (χ4n) is 3.19. The molecule has 4 rings (SSSR count). The zero-order valence-electron chi connectivity index (χ0n) is 18.0. The summed E-state index contributed by atoms with van der Waals surface area (Å²) in [6.07, 6.45) is 2.60. The Hall–Kier alpha value is -3.57. The number of benzene rings is 2. The first-order valence-electron chi connectivity index (χ1n) is 9.91. The predicted octanol–water partition coefficient (Wildman–Crippen LogP) is 3.62. The number of hydrogen-bond donors (Lipinski definition) is 1. The highest BCUT2D eigenvalue weighted by Crippen LogP contribution is 2.28. The Labute approximate surface area is 193 Å². The Bertz CT molecular complexity index is 1470. The lowest BCUT2D eigenvalue weighted by molar-refractivity contribution is 0.0525. The number of sulfone groups is 1. The van der Waals surface area contributed by atoms with Crippen molar-refractivity contribution < 1.29 is 22.7 Å². The van der Waals surface area contributed by atoms with Crippen molar-refractivity contribution in [3.63, 3.8) is 0 Å². The van der Waals surface area contributed by atoms with Gasteiger partial charge in [-0.1, -0.05) is 11.3 Å². The molecule has 33 heavy (non-hydrogen) atoms. The lowest BCUT2D eigenvalue weighted by Gasteiger charge is -2.07. The average molecular weight is 485 g/mol. The number of carbonyl (C=O) groups excluding carboxylic acids is 2. The Morgan fingerprint density at radius 3 is 2.55 bits per heavy atom. The molecule has 0 atom stereocenters. The zero-order chi connectivity index (χ0) is 23.8. The van der Waals surface area contributed by atoms with Crippen molar-refractivity contribution in [2.45, 2.75) is 18.7 Å². The lowest BCUT2D eigenvalue weighted by atomic mass is 10.2. The smallest absolute Gasteiger partial charge is 0.341 e. The summed E-state index contributed by atoms with van der Waals surface area (Å²) in [7, 11) is -3.33. The van der Waals surface area contributed by atoms with Crippen LogP contribution in [0.3, 0.4) is 0 Å². The minimum absolute atomic E-state index is 0.201. The molecule has 0 bridgehead atoms. The number of amides is 1. The molecule has 2 aromatic carbocycles. The van der Waals surface area contributed by atoms with E-state index >= 15 is 0 Å². The molecule has 2 heterocycles. The van der Waals surface area contributed by atoms with Crippen LogP contribution < -0.4 is 5.32 Å². The first-order valence-corrected chi connectivity index (χ1v) is 12.6. The highest BCUT2D eigenvalue weighted by molar-refractivity contribution is 7.90. The first-order chi connectivity index (χ1) is 15.7. The van der Waals surface area contributed by atoms with Gasteiger partial charge in [0.05, 0.1) is 39.3 Å². The zero-order valence-corrected chi connectivity index (χ0v) is 19.7. The van der Waals surface area contributed by atoms with Crippen molar-refractivity contribution in [3.05, 3.63) is 65.5 Å². The molecule has 0 fully saturated rings. The van der Waals surface area contributed by atoms with Gasteiger partial charge >= 0.3 is 5.97 Å². The Kier molecular flexibility index (Phi) is 6.00. The van der Waals surface area contributed by atoms with E-state index in [1.54, 1.807) is 54.9 Å². The number of hydrogen-bond acceptors (Lipinski definition) is 8. The Morgan fingerprint density at radius 2 is 1.88 bits per heavy atom. The van der Waals surface area contributed by atoms with Gasteiger partial charge in [-0.05, 0) is 56.3 Å². The van der Waals surface area contributed by atoms with Gasteiger partial charge in [0.15, 0.2) is 15.0 Å². The molecule has 0 saturated heterocycles. The number of esters is 1. The SMILES string of the molecule is CCOC(=O)c1cnn(-c2ccc(C(=O)Nc3nc4ccc(S(C)(=O)=O)cc4s3)cc2)c1C. The van der Waals surface area contributed by atoms with Crippen LogP contribution in [0.5, 0.6) is 0 Å². The van der Waals surface area contributed by atoms with Crippen LogP contribution in [0, 0.1) is 6.92 Å². The standard InChI is InChI=1S/C22H20N4O5S2/c1-4-31-21(28)17-12-23-26(13(17)2)15-7-5-14(6-8-15)20(27)25-22-24-18-10-9-16(33(3,29)30)11-19(18)32-22/h5-12H,4H2,1-3H3,(H,24,25,27). The third-order valence-electron chi connectivity index (χ3n) is 4.89. The van der Waals surface area contributed by atoms with Gasteiger partial charge in [0.1, 0.15) is 5.56 Å². The summed E-state index contributed by atoms with van der Waals surface area (Å²) >= 11 is 1.20. The summed E-state index contributed by atoms with van der Waals surface area (Å²) in [6, 6.07) is 11.4. The Morgan fingerprint density at radius 1 is 1.15 bits per heavy atom. The van der Waals surface area contributed by atoms with Crippen molar-refractivity contribution in [1.29, 1.82) is 0 Å². The molecule has 0 saturated carbocycles. The summed E-state index contributed by atoms with van der Waals surface area (Å²) in [6.45, 7) is 3.78. The summed E-state index contributed by atoms with van der Waals surface area (Å²) < 4.78 is 30.8. The fraction of sp³-hybridized carbons (Fsp3) is 0.182. The van der Waals surface area contributed by atoms with Crippen molar-refractivity contribution in [3.8, 4) is 5.69 Å². The Balaban J connectivity index is 1.52. The highest BCUT2D eigenvalue weighted by atomic mass is 32.2. The second-order valence-corrected chi connectivity index (χ2v) is 10.2. The van der Waals surface area contributed by atoms with Crippen LogP contribution in [-0.4, -0.2) is 47.9 Å². The van der Waals surface area contributed by atoms with Crippen molar-refractivity contribution in [2.24, 2.45) is 0 Å². The second-order valence-electron chi connectivity index (χ2n) is 7.20. The van der Waals surface area contributed by atoms with E-state index in [1.165, 1.54) is 23.6 Å². The van der Waals surface area contributed by atoms with E-state index in [2.05, 4.69) is 15.4 Å². The topological polar surface area (TPSA) is 120 Å².